The lowest BCUT2D eigenvalue weighted by Crippen LogP contribution is -2.38. The van der Waals surface area contributed by atoms with E-state index in [0.717, 1.165) is 29.1 Å². The summed E-state index contributed by atoms with van der Waals surface area (Å²) in [5.74, 6) is 0.614. The molecule has 0 spiro atoms. The van der Waals surface area contributed by atoms with E-state index in [0.29, 0.717) is 12.5 Å². The fourth-order valence-corrected chi connectivity index (χ4v) is 4.47. The van der Waals surface area contributed by atoms with E-state index in [-0.39, 0.29) is 11.8 Å². The molecule has 0 amide bonds. The summed E-state index contributed by atoms with van der Waals surface area (Å²) in [6, 6.07) is 15.1. The second kappa shape index (κ2) is 11.2. The van der Waals surface area contributed by atoms with Crippen LogP contribution in [0.4, 0.5) is 0 Å². The molecule has 2 aromatic rings. The van der Waals surface area contributed by atoms with E-state index in [1.54, 1.807) is 7.05 Å². The van der Waals surface area contributed by atoms with Gasteiger partial charge in [-0.2, -0.15) is 0 Å². The highest BCUT2D eigenvalue weighted by Crippen LogP contribution is 2.13. The van der Waals surface area contributed by atoms with Gasteiger partial charge >= 0.3 is 0 Å². The van der Waals surface area contributed by atoms with Crippen LogP contribution in [0.3, 0.4) is 0 Å². The molecule has 0 saturated heterocycles. The standard InChI is InChI=1S/C21H29ClN4O2S/c1-16(2)26-29(27,28)15-19-7-5-4-6-18(19)14-25-21(23-3)24-13-12-17-8-10-20(22)11-9-17/h4-11,16,26H,12-15H2,1-3H3,(H2,23,24,25). The normalized spacial score (nSPS) is 12.2. The molecule has 29 heavy (non-hydrogen) atoms. The number of nitrogens with zero attached hydrogens (tertiary/aromatic N) is 1. The third kappa shape index (κ3) is 8.43. The van der Waals surface area contributed by atoms with E-state index in [1.807, 2.05) is 62.4 Å². The molecule has 3 N–H and O–H groups in total. The van der Waals surface area contributed by atoms with Gasteiger partial charge in [-0.1, -0.05) is 48.0 Å². The highest BCUT2D eigenvalue weighted by molar-refractivity contribution is 7.88. The van der Waals surface area contributed by atoms with Crippen LogP contribution in [0.5, 0.6) is 0 Å². The molecule has 0 bridgehead atoms. The van der Waals surface area contributed by atoms with Gasteiger partial charge < -0.3 is 10.6 Å². The largest absolute Gasteiger partial charge is 0.356 e. The molecule has 0 fully saturated rings. The molecule has 2 rings (SSSR count). The zero-order chi connectivity index (χ0) is 21.3. The molecule has 158 valence electrons. The molecule has 0 aliphatic carbocycles. The van der Waals surface area contributed by atoms with Crippen LogP contribution in [0.15, 0.2) is 53.5 Å². The SMILES string of the molecule is CN=C(NCCc1ccc(Cl)cc1)NCc1ccccc1CS(=O)(=O)NC(C)C. The third-order valence-electron chi connectivity index (χ3n) is 4.17. The Kier molecular flexibility index (Phi) is 8.95. The molecule has 0 unspecified atom stereocenters. The molecule has 0 heterocycles. The zero-order valence-electron chi connectivity index (χ0n) is 17.1. The van der Waals surface area contributed by atoms with Crippen molar-refractivity contribution in [3.05, 3.63) is 70.2 Å². The van der Waals surface area contributed by atoms with Crippen LogP contribution in [0.1, 0.15) is 30.5 Å². The monoisotopic (exact) mass is 436 g/mol. The van der Waals surface area contributed by atoms with Gasteiger partial charge in [-0.05, 0) is 49.1 Å². The fraction of sp³-hybridized carbons (Fsp3) is 0.381. The van der Waals surface area contributed by atoms with E-state index >= 15 is 0 Å². The minimum absolute atomic E-state index is 0.0500. The zero-order valence-corrected chi connectivity index (χ0v) is 18.6. The van der Waals surface area contributed by atoms with Crippen molar-refractivity contribution in [1.29, 1.82) is 0 Å². The van der Waals surface area contributed by atoms with Gasteiger partial charge in [0.05, 0.1) is 5.75 Å². The fourth-order valence-electron chi connectivity index (χ4n) is 2.85. The van der Waals surface area contributed by atoms with Crippen LogP contribution in [0.25, 0.3) is 0 Å². The molecule has 0 atom stereocenters. The number of guanidine groups is 1. The molecule has 0 saturated carbocycles. The second-order valence-electron chi connectivity index (χ2n) is 7.03. The Morgan fingerprint density at radius 2 is 1.69 bits per heavy atom. The van der Waals surface area contributed by atoms with Crippen molar-refractivity contribution in [2.24, 2.45) is 4.99 Å². The predicted molar refractivity (Wildman–Crippen MR) is 121 cm³/mol. The Morgan fingerprint density at radius 3 is 2.31 bits per heavy atom. The molecular formula is C21H29ClN4O2S. The molecule has 0 radical (unpaired) electrons. The van der Waals surface area contributed by atoms with E-state index in [1.165, 1.54) is 5.56 Å². The summed E-state index contributed by atoms with van der Waals surface area (Å²) < 4.78 is 27.2. The minimum atomic E-state index is -3.38. The van der Waals surface area contributed by atoms with Gasteiger partial charge in [-0.15, -0.1) is 0 Å². The van der Waals surface area contributed by atoms with Crippen molar-refractivity contribution in [2.45, 2.75) is 38.6 Å². The molecule has 8 heteroatoms. The number of hydrogen-bond acceptors (Lipinski definition) is 3. The summed E-state index contributed by atoms with van der Waals surface area (Å²) in [5.41, 5.74) is 2.87. The van der Waals surface area contributed by atoms with Gasteiger partial charge in [-0.3, -0.25) is 4.99 Å². The van der Waals surface area contributed by atoms with E-state index in [2.05, 4.69) is 20.3 Å². The Labute approximate surface area is 178 Å². The second-order valence-corrected chi connectivity index (χ2v) is 9.22. The van der Waals surface area contributed by atoms with E-state index in [4.69, 9.17) is 11.6 Å². The smallest absolute Gasteiger partial charge is 0.216 e. The lowest BCUT2D eigenvalue weighted by molar-refractivity contribution is 0.568. The number of benzene rings is 2. The maximum Gasteiger partial charge on any atom is 0.216 e. The summed E-state index contributed by atoms with van der Waals surface area (Å²) in [7, 11) is -1.67. The van der Waals surface area contributed by atoms with Crippen LogP contribution in [-0.2, 0) is 28.7 Å². The first-order chi connectivity index (χ1) is 13.8. The van der Waals surface area contributed by atoms with Crippen molar-refractivity contribution >= 4 is 27.6 Å². The van der Waals surface area contributed by atoms with Crippen LogP contribution in [0.2, 0.25) is 5.02 Å². The molecule has 2 aromatic carbocycles. The highest BCUT2D eigenvalue weighted by atomic mass is 35.5. The Bertz CT molecular complexity index is 913. The molecule has 0 aliphatic heterocycles. The van der Waals surface area contributed by atoms with Gasteiger partial charge in [-0.25, -0.2) is 13.1 Å². The van der Waals surface area contributed by atoms with Gasteiger partial charge in [0.25, 0.3) is 0 Å². The van der Waals surface area contributed by atoms with Crippen molar-refractivity contribution in [3.63, 3.8) is 0 Å². The number of hydrogen-bond donors (Lipinski definition) is 3. The lowest BCUT2D eigenvalue weighted by Gasteiger charge is -2.15. The first kappa shape index (κ1) is 23.2. The molecular weight excluding hydrogens is 408 g/mol. The van der Waals surface area contributed by atoms with Gasteiger partial charge in [0.1, 0.15) is 0 Å². The van der Waals surface area contributed by atoms with Gasteiger partial charge in [0, 0.05) is 31.2 Å². The van der Waals surface area contributed by atoms with Crippen molar-refractivity contribution in [2.75, 3.05) is 13.6 Å². The number of sulfonamides is 1. The van der Waals surface area contributed by atoms with Gasteiger partial charge in [0.15, 0.2) is 5.96 Å². The van der Waals surface area contributed by atoms with Crippen molar-refractivity contribution in [3.8, 4) is 0 Å². The van der Waals surface area contributed by atoms with Crippen LogP contribution in [-0.4, -0.2) is 34.0 Å². The number of aliphatic imine (C=N–C) groups is 1. The summed E-state index contributed by atoms with van der Waals surface area (Å²) in [5, 5.41) is 7.25. The summed E-state index contributed by atoms with van der Waals surface area (Å²) in [4.78, 5) is 4.23. The average molecular weight is 437 g/mol. The molecule has 0 aliphatic rings. The van der Waals surface area contributed by atoms with E-state index in [9.17, 15) is 8.42 Å². The minimum Gasteiger partial charge on any atom is -0.356 e. The maximum atomic E-state index is 12.3. The topological polar surface area (TPSA) is 82.6 Å². The predicted octanol–water partition coefficient (Wildman–Crippen LogP) is 3.08. The lowest BCUT2D eigenvalue weighted by atomic mass is 10.1. The van der Waals surface area contributed by atoms with Crippen LogP contribution < -0.4 is 15.4 Å². The Hall–Kier alpha value is -2.09. The third-order valence-corrected chi connectivity index (χ3v) is 5.94. The Morgan fingerprint density at radius 1 is 1.03 bits per heavy atom. The number of halogens is 1. The maximum absolute atomic E-state index is 12.3. The summed E-state index contributed by atoms with van der Waals surface area (Å²) in [6.45, 7) is 4.82. The number of nitrogens with one attached hydrogen (secondary N) is 3. The van der Waals surface area contributed by atoms with Crippen LogP contribution >= 0.6 is 11.6 Å². The highest BCUT2D eigenvalue weighted by Gasteiger charge is 2.15. The number of rotatable bonds is 9. The Balaban J connectivity index is 1.91. The van der Waals surface area contributed by atoms with Gasteiger partial charge in [0.2, 0.25) is 10.0 Å². The van der Waals surface area contributed by atoms with Crippen molar-refractivity contribution in [1.82, 2.24) is 15.4 Å². The van der Waals surface area contributed by atoms with Crippen molar-refractivity contribution < 1.29 is 8.42 Å². The summed E-state index contributed by atoms with van der Waals surface area (Å²) in [6.07, 6.45) is 0.841. The molecule has 6 nitrogen and oxygen atoms in total. The molecule has 0 aromatic heterocycles. The van der Waals surface area contributed by atoms with Crippen LogP contribution in [0, 0.1) is 0 Å². The summed E-state index contributed by atoms with van der Waals surface area (Å²) >= 11 is 5.91. The quantitative estimate of drug-likeness (QED) is 0.416. The average Bonchev–Trinajstić information content (AvgIpc) is 2.65. The first-order valence-electron chi connectivity index (χ1n) is 9.55. The first-order valence-corrected chi connectivity index (χ1v) is 11.6. The van der Waals surface area contributed by atoms with E-state index < -0.39 is 10.0 Å².